The highest BCUT2D eigenvalue weighted by Crippen LogP contribution is 2.40. The molecular formula is C26H32N6O2. The Balaban J connectivity index is 1.36. The third-order valence-corrected chi connectivity index (χ3v) is 7.97. The van der Waals surface area contributed by atoms with Crippen LogP contribution >= 0.6 is 0 Å². The number of likely N-dealkylation sites (N-methyl/N-ethyl adjacent to an activating group) is 1. The summed E-state index contributed by atoms with van der Waals surface area (Å²) in [4.78, 5) is 27.5. The molecule has 3 aliphatic heterocycles. The first kappa shape index (κ1) is 21.4. The van der Waals surface area contributed by atoms with Crippen LogP contribution in [0.15, 0.2) is 30.5 Å². The Bertz CT molecular complexity index is 1250. The molecule has 2 aromatic heterocycles. The molecule has 6 rings (SSSR count). The molecule has 0 saturated carbocycles. The highest BCUT2D eigenvalue weighted by Gasteiger charge is 2.36. The summed E-state index contributed by atoms with van der Waals surface area (Å²) in [6.45, 7) is 5.65. The first-order valence-electron chi connectivity index (χ1n) is 12.4. The van der Waals surface area contributed by atoms with Crippen LogP contribution in [0.4, 0.5) is 5.82 Å². The molecule has 8 heteroatoms. The summed E-state index contributed by atoms with van der Waals surface area (Å²) >= 11 is 0. The summed E-state index contributed by atoms with van der Waals surface area (Å²) in [5, 5.41) is 3.56. The molecule has 2 saturated heterocycles. The molecular weight excluding hydrogens is 428 g/mol. The van der Waals surface area contributed by atoms with E-state index >= 15 is 0 Å². The van der Waals surface area contributed by atoms with Gasteiger partial charge in [-0.05, 0) is 56.0 Å². The molecule has 2 fully saturated rings. The van der Waals surface area contributed by atoms with Crippen molar-refractivity contribution in [3.63, 3.8) is 0 Å². The number of anilines is 1. The zero-order valence-corrected chi connectivity index (χ0v) is 20.1. The average molecular weight is 461 g/mol. The van der Waals surface area contributed by atoms with Crippen LogP contribution in [0.25, 0.3) is 11.0 Å². The minimum absolute atomic E-state index is 0.0622. The van der Waals surface area contributed by atoms with Crippen LogP contribution in [0.1, 0.15) is 47.6 Å². The van der Waals surface area contributed by atoms with Gasteiger partial charge < -0.3 is 24.4 Å². The second-order valence-corrected chi connectivity index (χ2v) is 9.72. The fourth-order valence-electron chi connectivity index (χ4n) is 6.22. The number of hydrogen-bond acceptors (Lipinski definition) is 6. The molecule has 1 amide bonds. The predicted molar refractivity (Wildman–Crippen MR) is 131 cm³/mol. The maximum Gasteiger partial charge on any atom is 0.254 e. The first-order chi connectivity index (χ1) is 16.6. The fourth-order valence-corrected chi connectivity index (χ4v) is 6.22. The standard InChI is InChI=1S/C26H32N6O2/c1-4-32-21(13-17-6-5-9-28-24(17)32)25-29-19-12-18(14-22(34-3)23(19)30(25)2)26(33)31-11-8-16-7-10-27-20(16)15-31/h5-6,9,12,14,16,20-21,27H,4,7-8,10-11,13,15H2,1-3H3/t16-,20+,21?/m1/s1. The number of pyridine rings is 1. The van der Waals surface area contributed by atoms with Crippen LogP contribution in [0.2, 0.25) is 0 Å². The maximum absolute atomic E-state index is 13.5. The van der Waals surface area contributed by atoms with Crippen LogP contribution in [-0.4, -0.2) is 64.7 Å². The van der Waals surface area contributed by atoms with E-state index in [4.69, 9.17) is 9.72 Å². The molecule has 5 heterocycles. The van der Waals surface area contributed by atoms with Crippen LogP contribution in [0.5, 0.6) is 5.75 Å². The van der Waals surface area contributed by atoms with Crippen molar-refractivity contribution in [2.24, 2.45) is 13.0 Å². The van der Waals surface area contributed by atoms with Gasteiger partial charge in [-0.15, -0.1) is 0 Å². The van der Waals surface area contributed by atoms with Gasteiger partial charge in [-0.3, -0.25) is 4.79 Å². The molecule has 0 radical (unpaired) electrons. The molecule has 3 aliphatic rings. The molecule has 3 atom stereocenters. The van der Waals surface area contributed by atoms with Crippen molar-refractivity contribution in [3.8, 4) is 5.75 Å². The predicted octanol–water partition coefficient (Wildman–Crippen LogP) is 2.92. The molecule has 34 heavy (non-hydrogen) atoms. The molecule has 178 valence electrons. The summed E-state index contributed by atoms with van der Waals surface area (Å²) in [6.07, 6.45) is 5.01. The number of nitrogens with one attached hydrogen (secondary N) is 1. The zero-order valence-electron chi connectivity index (χ0n) is 20.1. The summed E-state index contributed by atoms with van der Waals surface area (Å²) in [5.41, 5.74) is 3.61. The second kappa shape index (κ2) is 8.27. The van der Waals surface area contributed by atoms with Gasteiger partial charge in [0.15, 0.2) is 0 Å². The van der Waals surface area contributed by atoms with Crippen molar-refractivity contribution < 1.29 is 9.53 Å². The SMILES string of the molecule is CCN1c2ncccc2CC1c1nc2cc(C(=O)N3CC[C@H]4CCN[C@H]4C3)cc(OC)c2n1C. The molecule has 1 unspecified atom stereocenters. The minimum atomic E-state index is 0.0622. The van der Waals surface area contributed by atoms with Crippen molar-refractivity contribution in [2.45, 2.75) is 38.3 Å². The van der Waals surface area contributed by atoms with Crippen LogP contribution < -0.4 is 15.0 Å². The summed E-state index contributed by atoms with van der Waals surface area (Å²) in [7, 11) is 3.70. The number of piperidine rings is 1. The molecule has 0 aliphatic carbocycles. The van der Waals surface area contributed by atoms with Gasteiger partial charge >= 0.3 is 0 Å². The van der Waals surface area contributed by atoms with Gasteiger partial charge in [0.25, 0.3) is 5.91 Å². The van der Waals surface area contributed by atoms with Gasteiger partial charge in [0.05, 0.1) is 18.7 Å². The van der Waals surface area contributed by atoms with Gasteiger partial charge in [0, 0.05) is 50.9 Å². The van der Waals surface area contributed by atoms with E-state index in [-0.39, 0.29) is 11.9 Å². The van der Waals surface area contributed by atoms with Crippen LogP contribution in [0, 0.1) is 5.92 Å². The number of methoxy groups -OCH3 is 1. The lowest BCUT2D eigenvalue weighted by Gasteiger charge is -2.35. The number of fused-ring (bicyclic) bond motifs is 3. The number of carbonyl (C=O) groups is 1. The van der Waals surface area contributed by atoms with Gasteiger partial charge in [-0.2, -0.15) is 0 Å². The fraction of sp³-hybridized carbons (Fsp3) is 0.500. The summed E-state index contributed by atoms with van der Waals surface area (Å²) in [6, 6.07) is 8.48. The van der Waals surface area contributed by atoms with E-state index in [1.165, 1.54) is 12.0 Å². The van der Waals surface area contributed by atoms with E-state index in [1.54, 1.807) is 7.11 Å². The molecule has 1 aromatic carbocycles. The van der Waals surface area contributed by atoms with Gasteiger partial charge in [-0.1, -0.05) is 6.07 Å². The van der Waals surface area contributed by atoms with E-state index in [9.17, 15) is 4.79 Å². The lowest BCUT2D eigenvalue weighted by Crippen LogP contribution is -2.48. The average Bonchev–Trinajstić information content (AvgIpc) is 3.57. The van der Waals surface area contributed by atoms with Crippen LogP contribution in [0.3, 0.4) is 0 Å². The number of aromatic nitrogens is 3. The molecule has 3 aromatic rings. The number of carbonyl (C=O) groups excluding carboxylic acids is 1. The van der Waals surface area contributed by atoms with Gasteiger partial charge in [-0.25, -0.2) is 9.97 Å². The highest BCUT2D eigenvalue weighted by molar-refractivity contribution is 5.99. The third kappa shape index (κ3) is 3.27. The smallest absolute Gasteiger partial charge is 0.254 e. The van der Waals surface area contributed by atoms with E-state index < -0.39 is 0 Å². The lowest BCUT2D eigenvalue weighted by molar-refractivity contribution is 0.0669. The van der Waals surface area contributed by atoms with E-state index in [0.717, 1.165) is 61.7 Å². The summed E-state index contributed by atoms with van der Waals surface area (Å²) < 4.78 is 7.90. The number of rotatable bonds is 4. The zero-order chi connectivity index (χ0) is 23.4. The van der Waals surface area contributed by atoms with E-state index in [1.807, 2.05) is 36.3 Å². The number of ether oxygens (including phenoxy) is 1. The molecule has 0 spiro atoms. The lowest BCUT2D eigenvalue weighted by atomic mass is 9.92. The van der Waals surface area contributed by atoms with Crippen molar-refractivity contribution in [2.75, 3.05) is 38.2 Å². The Labute approximate surface area is 199 Å². The number of nitrogens with zero attached hydrogens (tertiary/aromatic N) is 5. The highest BCUT2D eigenvalue weighted by atomic mass is 16.5. The normalized spacial score (nSPS) is 23.9. The Hall–Kier alpha value is -3.13. The monoisotopic (exact) mass is 460 g/mol. The van der Waals surface area contributed by atoms with E-state index in [0.29, 0.717) is 23.3 Å². The number of benzene rings is 1. The Kier molecular flexibility index (Phi) is 5.21. The number of amides is 1. The van der Waals surface area contributed by atoms with Gasteiger partial charge in [0.2, 0.25) is 0 Å². The Morgan fingerprint density at radius 3 is 3.00 bits per heavy atom. The molecule has 1 N–H and O–H groups in total. The van der Waals surface area contributed by atoms with Crippen molar-refractivity contribution in [1.82, 2.24) is 24.8 Å². The second-order valence-electron chi connectivity index (χ2n) is 9.72. The molecule has 8 nitrogen and oxygen atoms in total. The van der Waals surface area contributed by atoms with Crippen LogP contribution in [-0.2, 0) is 13.5 Å². The Morgan fingerprint density at radius 1 is 1.29 bits per heavy atom. The number of hydrogen-bond donors (Lipinski definition) is 1. The van der Waals surface area contributed by atoms with Crippen molar-refractivity contribution in [3.05, 3.63) is 47.4 Å². The van der Waals surface area contributed by atoms with Crippen molar-refractivity contribution >= 4 is 22.8 Å². The number of likely N-dealkylation sites (tertiary alicyclic amines) is 1. The maximum atomic E-state index is 13.5. The number of aryl methyl sites for hydroxylation is 1. The summed E-state index contributed by atoms with van der Waals surface area (Å²) in [5.74, 6) is 3.45. The van der Waals surface area contributed by atoms with Crippen molar-refractivity contribution in [1.29, 1.82) is 0 Å². The van der Waals surface area contributed by atoms with E-state index in [2.05, 4.69) is 32.8 Å². The largest absolute Gasteiger partial charge is 0.494 e. The Morgan fingerprint density at radius 2 is 2.18 bits per heavy atom. The topological polar surface area (TPSA) is 75.5 Å². The quantitative estimate of drug-likeness (QED) is 0.645. The number of imidazole rings is 1. The third-order valence-electron chi connectivity index (χ3n) is 7.97. The van der Waals surface area contributed by atoms with Gasteiger partial charge in [0.1, 0.15) is 22.9 Å². The minimum Gasteiger partial charge on any atom is -0.494 e. The first-order valence-corrected chi connectivity index (χ1v) is 12.4. The molecule has 0 bridgehead atoms.